The van der Waals surface area contributed by atoms with Gasteiger partial charge in [0.25, 0.3) is 0 Å². The number of ether oxygens (including phenoxy) is 1. The number of nitrogens with one attached hydrogen (secondary N) is 1. The molecule has 0 aromatic heterocycles. The summed E-state index contributed by atoms with van der Waals surface area (Å²) in [6, 6.07) is 5.08. The van der Waals surface area contributed by atoms with Gasteiger partial charge in [-0.3, -0.25) is 0 Å². The molecule has 0 bridgehead atoms. The molecule has 1 fully saturated rings. The van der Waals surface area contributed by atoms with Crippen molar-refractivity contribution >= 4 is 10.0 Å². The third kappa shape index (κ3) is 3.52. The number of benzene rings is 1. The van der Waals surface area contributed by atoms with Crippen molar-refractivity contribution in [3.8, 4) is 5.75 Å². The summed E-state index contributed by atoms with van der Waals surface area (Å²) in [5.74, 6) is 1.34. The lowest BCUT2D eigenvalue weighted by atomic mass is 10.1. The average Bonchev–Trinajstić information content (AvgIpc) is 2.76. The SMILES string of the molecule is CCOc1ccc(S(=O)(=O)NC2CCC(C)C2)cc1C. The zero-order valence-electron chi connectivity index (χ0n) is 12.3. The molecular formula is C15H23NO3S. The van der Waals surface area contributed by atoms with Gasteiger partial charge in [0.2, 0.25) is 10.0 Å². The molecule has 1 aliphatic rings. The first kappa shape index (κ1) is 15.3. The van der Waals surface area contributed by atoms with Gasteiger partial charge in [-0.2, -0.15) is 0 Å². The van der Waals surface area contributed by atoms with E-state index in [1.165, 1.54) is 0 Å². The van der Waals surface area contributed by atoms with Crippen molar-refractivity contribution in [3.63, 3.8) is 0 Å². The fraction of sp³-hybridized carbons (Fsp3) is 0.600. The van der Waals surface area contributed by atoms with Gasteiger partial charge < -0.3 is 4.74 Å². The zero-order valence-corrected chi connectivity index (χ0v) is 13.2. The Kier molecular flexibility index (Phi) is 4.70. The lowest BCUT2D eigenvalue weighted by Gasteiger charge is -2.14. The molecule has 0 spiro atoms. The van der Waals surface area contributed by atoms with Crippen molar-refractivity contribution in [2.45, 2.75) is 51.0 Å². The summed E-state index contributed by atoms with van der Waals surface area (Å²) >= 11 is 0. The molecule has 0 radical (unpaired) electrons. The van der Waals surface area contributed by atoms with E-state index in [-0.39, 0.29) is 6.04 Å². The summed E-state index contributed by atoms with van der Waals surface area (Å²) < 4.78 is 33.0. The van der Waals surface area contributed by atoms with Crippen LogP contribution in [0, 0.1) is 12.8 Å². The van der Waals surface area contributed by atoms with E-state index in [1.807, 2.05) is 13.8 Å². The molecule has 5 heteroatoms. The van der Waals surface area contributed by atoms with Gasteiger partial charge in [-0.05, 0) is 62.8 Å². The third-order valence-corrected chi connectivity index (χ3v) is 5.29. The van der Waals surface area contributed by atoms with Crippen LogP contribution < -0.4 is 9.46 Å². The maximum absolute atomic E-state index is 12.4. The van der Waals surface area contributed by atoms with Crippen molar-refractivity contribution in [2.75, 3.05) is 6.61 Å². The van der Waals surface area contributed by atoms with E-state index in [2.05, 4.69) is 11.6 Å². The van der Waals surface area contributed by atoms with Gasteiger partial charge in [0.1, 0.15) is 5.75 Å². The van der Waals surface area contributed by atoms with Crippen LogP contribution in [0.3, 0.4) is 0 Å². The van der Waals surface area contributed by atoms with Gasteiger partial charge in [0.15, 0.2) is 0 Å². The van der Waals surface area contributed by atoms with Gasteiger partial charge >= 0.3 is 0 Å². The van der Waals surface area contributed by atoms with E-state index >= 15 is 0 Å². The molecule has 1 aromatic rings. The van der Waals surface area contributed by atoms with Crippen molar-refractivity contribution in [1.82, 2.24) is 4.72 Å². The number of hydrogen-bond acceptors (Lipinski definition) is 3. The van der Waals surface area contributed by atoms with Gasteiger partial charge in [0, 0.05) is 6.04 Å². The van der Waals surface area contributed by atoms with Crippen molar-refractivity contribution in [2.24, 2.45) is 5.92 Å². The molecule has 1 aromatic carbocycles. The standard InChI is InChI=1S/C15H23NO3S/c1-4-19-15-8-7-14(10-12(15)3)20(17,18)16-13-6-5-11(2)9-13/h7-8,10-11,13,16H,4-6,9H2,1-3H3. The average molecular weight is 297 g/mol. The summed E-state index contributed by atoms with van der Waals surface area (Å²) in [4.78, 5) is 0.318. The quantitative estimate of drug-likeness (QED) is 0.909. The van der Waals surface area contributed by atoms with Crippen molar-refractivity contribution in [1.29, 1.82) is 0 Å². The van der Waals surface area contributed by atoms with Crippen molar-refractivity contribution in [3.05, 3.63) is 23.8 Å². The molecule has 0 saturated heterocycles. The van der Waals surface area contributed by atoms with Gasteiger partial charge in [-0.15, -0.1) is 0 Å². The fourth-order valence-corrected chi connectivity index (χ4v) is 4.08. The molecule has 20 heavy (non-hydrogen) atoms. The number of aryl methyl sites for hydroxylation is 1. The molecular weight excluding hydrogens is 274 g/mol. The van der Waals surface area contributed by atoms with Gasteiger partial charge in [-0.1, -0.05) is 6.92 Å². The van der Waals surface area contributed by atoms with Crippen LogP contribution >= 0.6 is 0 Å². The minimum absolute atomic E-state index is 0.0712. The minimum Gasteiger partial charge on any atom is -0.494 e. The molecule has 0 aliphatic heterocycles. The third-order valence-electron chi connectivity index (χ3n) is 3.77. The smallest absolute Gasteiger partial charge is 0.240 e. The highest BCUT2D eigenvalue weighted by molar-refractivity contribution is 7.89. The highest BCUT2D eigenvalue weighted by Gasteiger charge is 2.26. The zero-order chi connectivity index (χ0) is 14.8. The molecule has 0 heterocycles. The topological polar surface area (TPSA) is 55.4 Å². The first-order chi connectivity index (χ1) is 9.42. The Morgan fingerprint density at radius 3 is 2.65 bits per heavy atom. The van der Waals surface area contributed by atoms with Gasteiger partial charge in [-0.25, -0.2) is 13.1 Å². The molecule has 1 saturated carbocycles. The van der Waals surface area contributed by atoms with E-state index in [0.717, 1.165) is 30.6 Å². The lowest BCUT2D eigenvalue weighted by molar-refractivity contribution is 0.337. The Morgan fingerprint density at radius 2 is 2.10 bits per heavy atom. The Bertz CT molecular complexity index is 568. The largest absolute Gasteiger partial charge is 0.494 e. The molecule has 4 nitrogen and oxygen atoms in total. The lowest BCUT2D eigenvalue weighted by Crippen LogP contribution is -2.33. The second kappa shape index (κ2) is 6.14. The highest BCUT2D eigenvalue weighted by Crippen LogP contribution is 2.27. The van der Waals surface area contributed by atoms with E-state index in [0.29, 0.717) is 17.4 Å². The number of hydrogen-bond donors (Lipinski definition) is 1. The normalized spacial score (nSPS) is 22.9. The molecule has 2 unspecified atom stereocenters. The Morgan fingerprint density at radius 1 is 1.35 bits per heavy atom. The predicted molar refractivity (Wildman–Crippen MR) is 79.5 cm³/mol. The van der Waals surface area contributed by atoms with Crippen LogP contribution in [0.25, 0.3) is 0 Å². The number of sulfonamides is 1. The summed E-state index contributed by atoms with van der Waals surface area (Å²) in [7, 11) is -3.43. The predicted octanol–water partition coefficient (Wildman–Crippen LogP) is 2.86. The van der Waals surface area contributed by atoms with Crippen molar-refractivity contribution < 1.29 is 13.2 Å². The highest BCUT2D eigenvalue weighted by atomic mass is 32.2. The van der Waals surface area contributed by atoms with Gasteiger partial charge in [0.05, 0.1) is 11.5 Å². The van der Waals surface area contributed by atoms with Crippen LogP contribution in [0.4, 0.5) is 0 Å². The second-order valence-electron chi connectivity index (χ2n) is 5.60. The van der Waals surface area contributed by atoms with Crippen LogP contribution in [0.15, 0.2) is 23.1 Å². The van der Waals surface area contributed by atoms with Crippen LogP contribution in [-0.4, -0.2) is 21.1 Å². The molecule has 1 aliphatic carbocycles. The van der Waals surface area contributed by atoms with Crippen LogP contribution in [0.5, 0.6) is 5.75 Å². The fourth-order valence-electron chi connectivity index (χ4n) is 2.71. The van der Waals surface area contributed by atoms with Crippen LogP contribution in [0.2, 0.25) is 0 Å². The maximum Gasteiger partial charge on any atom is 0.240 e. The summed E-state index contributed by atoms with van der Waals surface area (Å²) in [5, 5.41) is 0. The van der Waals surface area contributed by atoms with E-state index < -0.39 is 10.0 Å². The van der Waals surface area contributed by atoms with Crippen LogP contribution in [0.1, 0.15) is 38.7 Å². The second-order valence-corrected chi connectivity index (χ2v) is 7.31. The summed E-state index contributed by atoms with van der Waals surface area (Å²) in [6.07, 6.45) is 2.95. The van der Waals surface area contributed by atoms with E-state index in [9.17, 15) is 8.42 Å². The molecule has 2 rings (SSSR count). The molecule has 2 atom stereocenters. The molecule has 0 amide bonds. The first-order valence-corrected chi connectivity index (χ1v) is 8.66. The van der Waals surface area contributed by atoms with E-state index in [4.69, 9.17) is 4.74 Å². The maximum atomic E-state index is 12.4. The van der Waals surface area contributed by atoms with Crippen LogP contribution in [-0.2, 0) is 10.0 Å². The summed E-state index contributed by atoms with van der Waals surface area (Å²) in [6.45, 7) is 6.51. The number of rotatable bonds is 5. The first-order valence-electron chi connectivity index (χ1n) is 7.18. The molecule has 1 N–H and O–H groups in total. The molecule has 112 valence electrons. The Balaban J connectivity index is 2.15. The monoisotopic (exact) mass is 297 g/mol. The summed E-state index contributed by atoms with van der Waals surface area (Å²) in [5.41, 5.74) is 0.842. The van der Waals surface area contributed by atoms with E-state index in [1.54, 1.807) is 18.2 Å². The Labute approximate surface area is 121 Å². The minimum atomic E-state index is -3.43. The Hall–Kier alpha value is -1.07.